The van der Waals surface area contributed by atoms with Crippen LogP contribution in [-0.2, 0) is 12.0 Å². The molecule has 1 amide bonds. The molecule has 3 aromatic rings. The maximum absolute atomic E-state index is 16.0. The zero-order chi connectivity index (χ0) is 27.0. The van der Waals surface area contributed by atoms with Crippen LogP contribution in [-0.4, -0.2) is 67.0 Å². The van der Waals surface area contributed by atoms with Crippen molar-refractivity contribution in [1.82, 2.24) is 4.90 Å². The second kappa shape index (κ2) is 10.5. The third kappa shape index (κ3) is 4.29. The summed E-state index contributed by atoms with van der Waals surface area (Å²) in [6, 6.07) is 13.7. The van der Waals surface area contributed by atoms with E-state index in [0.29, 0.717) is 43.9 Å². The number of carbonyl (C=O) groups excluding carboxylic acids is 1. The molecule has 1 saturated heterocycles. The minimum Gasteiger partial charge on any atom is -0.488 e. The maximum Gasteiger partial charge on any atom is 0.249 e. The van der Waals surface area contributed by atoms with Crippen molar-refractivity contribution >= 4 is 23.2 Å². The van der Waals surface area contributed by atoms with Crippen LogP contribution in [0, 0.1) is 11.6 Å². The first kappa shape index (κ1) is 26.4. The summed E-state index contributed by atoms with van der Waals surface area (Å²) in [5.41, 5.74) is 6.78. The number of rotatable bonds is 8. The number of halogens is 3. The summed E-state index contributed by atoms with van der Waals surface area (Å²) in [6.07, 6.45) is 0.350. The summed E-state index contributed by atoms with van der Waals surface area (Å²) in [5, 5.41) is 18.5. The second-order valence-electron chi connectivity index (χ2n) is 9.51. The highest BCUT2D eigenvalue weighted by Gasteiger charge is 2.50. The summed E-state index contributed by atoms with van der Waals surface area (Å²) in [7, 11) is 0. The Kier molecular flexibility index (Phi) is 7.28. The Bertz CT molecular complexity index is 1370. The molecule has 3 aromatic carbocycles. The number of fused-ring (bicyclic) bond motifs is 3. The quantitative estimate of drug-likeness (QED) is 0.403. The number of amides is 1. The number of piperazine rings is 1. The summed E-state index contributed by atoms with van der Waals surface area (Å²) < 4.78 is 36.8. The number of hydrogen-bond acceptors (Lipinski definition) is 6. The molecule has 1 fully saturated rings. The normalized spacial score (nSPS) is 18.8. The highest BCUT2D eigenvalue weighted by atomic mass is 35.5. The van der Waals surface area contributed by atoms with Crippen molar-refractivity contribution in [2.75, 3.05) is 50.9 Å². The predicted molar refractivity (Wildman–Crippen MR) is 141 cm³/mol. The number of carbonyl (C=O) groups is 1. The van der Waals surface area contributed by atoms with Crippen LogP contribution in [0.2, 0.25) is 5.02 Å². The lowest BCUT2D eigenvalue weighted by molar-refractivity contribution is 0.100. The van der Waals surface area contributed by atoms with Crippen LogP contribution in [0.3, 0.4) is 0 Å². The monoisotopic (exact) mass is 543 g/mol. The lowest BCUT2D eigenvalue weighted by Gasteiger charge is -2.48. The lowest BCUT2D eigenvalue weighted by atomic mass is 9.82. The second-order valence-corrected chi connectivity index (χ2v) is 9.89. The van der Waals surface area contributed by atoms with E-state index in [1.807, 2.05) is 30.3 Å². The molecular formula is C28H28ClF2N3O4. The van der Waals surface area contributed by atoms with Crippen LogP contribution in [0.25, 0.3) is 11.1 Å². The Balaban J connectivity index is 1.76. The van der Waals surface area contributed by atoms with Gasteiger partial charge in [-0.25, -0.2) is 8.78 Å². The molecule has 200 valence electrons. The van der Waals surface area contributed by atoms with E-state index in [4.69, 9.17) is 27.2 Å². The van der Waals surface area contributed by atoms with Gasteiger partial charge in [-0.3, -0.25) is 9.69 Å². The number of nitrogens with two attached hydrogens (primary N) is 1. The molecule has 5 rings (SSSR count). The van der Waals surface area contributed by atoms with Crippen molar-refractivity contribution in [2.45, 2.75) is 12.0 Å². The number of ether oxygens (including phenoxy) is 1. The smallest absolute Gasteiger partial charge is 0.249 e. The van der Waals surface area contributed by atoms with Crippen molar-refractivity contribution in [2.24, 2.45) is 5.73 Å². The van der Waals surface area contributed by atoms with E-state index in [0.717, 1.165) is 5.56 Å². The predicted octanol–water partition coefficient (Wildman–Crippen LogP) is 3.32. The summed E-state index contributed by atoms with van der Waals surface area (Å²) >= 11 is 6.55. The molecule has 0 bridgehead atoms. The molecule has 7 nitrogen and oxygen atoms in total. The first-order valence-electron chi connectivity index (χ1n) is 12.4. The average Bonchev–Trinajstić information content (AvgIpc) is 3.23. The Morgan fingerprint density at radius 3 is 2.53 bits per heavy atom. The zero-order valence-electron chi connectivity index (χ0n) is 20.6. The molecule has 4 N–H and O–H groups in total. The molecule has 2 aliphatic rings. The van der Waals surface area contributed by atoms with Gasteiger partial charge >= 0.3 is 0 Å². The highest BCUT2D eigenvalue weighted by molar-refractivity contribution is 6.34. The van der Waals surface area contributed by atoms with E-state index in [-0.39, 0.29) is 47.3 Å². The van der Waals surface area contributed by atoms with Gasteiger partial charge < -0.3 is 25.6 Å². The number of hydrogen-bond donors (Lipinski definition) is 3. The molecule has 10 heteroatoms. The molecule has 38 heavy (non-hydrogen) atoms. The fourth-order valence-corrected chi connectivity index (χ4v) is 6.08. The molecule has 2 aliphatic heterocycles. The first-order chi connectivity index (χ1) is 18.3. The van der Waals surface area contributed by atoms with Crippen molar-refractivity contribution in [3.63, 3.8) is 0 Å². The van der Waals surface area contributed by atoms with Crippen LogP contribution in [0.4, 0.5) is 14.5 Å². The number of benzene rings is 3. The van der Waals surface area contributed by atoms with Gasteiger partial charge in [0.05, 0.1) is 29.3 Å². The Morgan fingerprint density at radius 2 is 1.84 bits per heavy atom. The molecule has 2 heterocycles. The van der Waals surface area contributed by atoms with Crippen LogP contribution in [0.15, 0.2) is 48.5 Å². The minimum atomic E-state index is -0.912. The van der Waals surface area contributed by atoms with Crippen molar-refractivity contribution in [1.29, 1.82) is 0 Å². The van der Waals surface area contributed by atoms with E-state index in [1.165, 1.54) is 18.2 Å². The number of nitrogens with zero attached hydrogens (tertiary/aromatic N) is 2. The van der Waals surface area contributed by atoms with Crippen molar-refractivity contribution in [3.05, 3.63) is 81.9 Å². The molecule has 1 unspecified atom stereocenters. The van der Waals surface area contributed by atoms with Gasteiger partial charge in [-0.2, -0.15) is 0 Å². The molecule has 0 saturated carbocycles. The number of aliphatic hydroxyl groups excluding tert-OH is 2. The molecule has 0 aliphatic carbocycles. The van der Waals surface area contributed by atoms with Crippen molar-refractivity contribution in [3.8, 4) is 16.9 Å². The van der Waals surface area contributed by atoms with Crippen LogP contribution >= 0.6 is 11.6 Å². The fraction of sp³-hybridized carbons (Fsp3) is 0.321. The van der Waals surface area contributed by atoms with E-state index >= 15 is 8.78 Å². The van der Waals surface area contributed by atoms with Crippen LogP contribution in [0.1, 0.15) is 21.5 Å². The summed E-state index contributed by atoms with van der Waals surface area (Å²) in [5.74, 6) is -2.77. The van der Waals surface area contributed by atoms with E-state index in [1.54, 1.807) is 0 Å². The maximum atomic E-state index is 16.0. The topological polar surface area (TPSA) is 99.3 Å². The van der Waals surface area contributed by atoms with Gasteiger partial charge in [0.15, 0.2) is 11.6 Å². The van der Waals surface area contributed by atoms with Gasteiger partial charge in [0, 0.05) is 49.4 Å². The van der Waals surface area contributed by atoms with E-state index in [9.17, 15) is 9.90 Å². The van der Waals surface area contributed by atoms with E-state index < -0.39 is 23.1 Å². The number of aliphatic hydroxyl groups is 2. The van der Waals surface area contributed by atoms with Gasteiger partial charge in [-0.05, 0) is 29.3 Å². The fourth-order valence-electron chi connectivity index (χ4n) is 5.82. The third-order valence-corrected chi connectivity index (χ3v) is 7.77. The standard InChI is InChI=1S/C28H28ClF2N3O4/c29-25-20(30)14-21-19(23(25)24-18(27(32)37)6-7-22(26(24)31)38-13-12-36)15-28(17-4-2-1-3-5-17)16-33(10-11-35)8-9-34(21)28/h1-7,14,35-36H,8-13,15-16H2,(H2,32,37). The Labute approximate surface area is 224 Å². The van der Waals surface area contributed by atoms with Crippen LogP contribution < -0.4 is 15.4 Å². The number of β-amino-alcohol motifs (C(OH)–C–C–N with tert-alkyl or cyclic N) is 1. The average molecular weight is 544 g/mol. The van der Waals surface area contributed by atoms with E-state index in [2.05, 4.69) is 9.80 Å². The van der Waals surface area contributed by atoms with Gasteiger partial charge in [0.25, 0.3) is 0 Å². The summed E-state index contributed by atoms with van der Waals surface area (Å²) in [6.45, 7) is 1.67. The molecular weight excluding hydrogens is 516 g/mol. The molecule has 0 spiro atoms. The summed E-state index contributed by atoms with van der Waals surface area (Å²) in [4.78, 5) is 16.7. The highest BCUT2D eigenvalue weighted by Crippen LogP contribution is 2.53. The minimum absolute atomic E-state index is 0.00264. The third-order valence-electron chi connectivity index (χ3n) is 7.40. The molecule has 1 atom stereocenters. The van der Waals surface area contributed by atoms with Gasteiger partial charge in [0.1, 0.15) is 12.4 Å². The largest absolute Gasteiger partial charge is 0.488 e. The lowest BCUT2D eigenvalue weighted by Crippen LogP contribution is -2.59. The number of anilines is 1. The zero-order valence-corrected chi connectivity index (χ0v) is 21.3. The number of primary amides is 1. The van der Waals surface area contributed by atoms with Gasteiger partial charge in [-0.15, -0.1) is 0 Å². The van der Waals surface area contributed by atoms with Gasteiger partial charge in [-0.1, -0.05) is 41.9 Å². The van der Waals surface area contributed by atoms with Crippen molar-refractivity contribution < 1.29 is 28.5 Å². The molecule has 0 aromatic heterocycles. The Hall–Kier alpha value is -3.24. The Morgan fingerprint density at radius 1 is 1.08 bits per heavy atom. The molecule has 0 radical (unpaired) electrons. The first-order valence-corrected chi connectivity index (χ1v) is 12.7. The SMILES string of the molecule is NC(=O)c1ccc(OCCO)c(F)c1-c1c(Cl)c(F)cc2c1CC1(c3ccccc3)CN(CCO)CCN21. The van der Waals surface area contributed by atoms with Gasteiger partial charge in [0.2, 0.25) is 5.91 Å². The van der Waals surface area contributed by atoms with Crippen LogP contribution in [0.5, 0.6) is 5.75 Å².